The zero-order chi connectivity index (χ0) is 14.5. The fourth-order valence-corrected chi connectivity index (χ4v) is 2.13. The average molecular weight is 360 g/mol. The number of nitrogens with zero attached hydrogens (tertiary/aromatic N) is 2. The third-order valence-electron chi connectivity index (χ3n) is 2.68. The monoisotopic (exact) mass is 358 g/mol. The van der Waals surface area contributed by atoms with Crippen LogP contribution in [-0.4, -0.2) is 16.7 Å². The molecule has 1 heterocycles. The van der Waals surface area contributed by atoms with Crippen LogP contribution in [0.15, 0.2) is 27.1 Å². The molecular formula is C13H16BrClN4O. The number of rotatable bonds is 6. The first kappa shape index (κ1) is 15.3. The van der Waals surface area contributed by atoms with Crippen molar-refractivity contribution >= 4 is 39.2 Å². The van der Waals surface area contributed by atoms with Gasteiger partial charge in [-0.3, -0.25) is 0 Å². The fourth-order valence-electron chi connectivity index (χ4n) is 1.62. The molecular weight excluding hydrogens is 344 g/mol. The van der Waals surface area contributed by atoms with Crippen LogP contribution < -0.4 is 10.6 Å². The molecule has 20 heavy (non-hydrogen) atoms. The average Bonchev–Trinajstić information content (AvgIpc) is 2.89. The summed E-state index contributed by atoms with van der Waals surface area (Å²) in [4.78, 5) is 0. The molecule has 0 spiro atoms. The van der Waals surface area contributed by atoms with Crippen molar-refractivity contribution in [3.63, 3.8) is 0 Å². The molecule has 0 aliphatic rings. The van der Waals surface area contributed by atoms with Crippen molar-refractivity contribution in [1.29, 1.82) is 0 Å². The van der Waals surface area contributed by atoms with E-state index in [0.717, 1.165) is 23.1 Å². The van der Waals surface area contributed by atoms with Gasteiger partial charge in [-0.1, -0.05) is 23.6 Å². The number of hydrogen-bond acceptors (Lipinski definition) is 5. The summed E-state index contributed by atoms with van der Waals surface area (Å²) in [5.41, 5.74) is 0.780. The van der Waals surface area contributed by atoms with Crippen LogP contribution in [-0.2, 0) is 0 Å². The van der Waals surface area contributed by atoms with E-state index in [1.54, 1.807) is 12.1 Å². The molecule has 0 amide bonds. The summed E-state index contributed by atoms with van der Waals surface area (Å²) in [7, 11) is 0. The topological polar surface area (TPSA) is 63.0 Å². The van der Waals surface area contributed by atoms with Crippen LogP contribution in [0.1, 0.15) is 32.2 Å². The molecule has 0 bridgehead atoms. The number of halogens is 2. The first-order chi connectivity index (χ1) is 9.60. The summed E-state index contributed by atoms with van der Waals surface area (Å²) in [6, 6.07) is 5.81. The molecule has 2 N–H and O–H groups in total. The Morgan fingerprint density at radius 3 is 2.95 bits per heavy atom. The van der Waals surface area contributed by atoms with Gasteiger partial charge in [-0.2, -0.15) is 0 Å². The van der Waals surface area contributed by atoms with E-state index < -0.39 is 0 Å². The first-order valence-electron chi connectivity index (χ1n) is 6.39. The summed E-state index contributed by atoms with van der Waals surface area (Å²) in [6.07, 6.45) is 1.05. The minimum absolute atomic E-state index is 0.0285. The Hall–Kier alpha value is -1.11. The van der Waals surface area contributed by atoms with E-state index in [2.05, 4.69) is 43.7 Å². The third kappa shape index (κ3) is 3.94. The third-order valence-corrected chi connectivity index (χ3v) is 3.61. The van der Waals surface area contributed by atoms with Crippen molar-refractivity contribution in [1.82, 2.24) is 15.5 Å². The number of anilines is 2. The van der Waals surface area contributed by atoms with Crippen LogP contribution in [0.25, 0.3) is 0 Å². The number of hydrogen-bond donors (Lipinski definition) is 2. The van der Waals surface area contributed by atoms with Crippen molar-refractivity contribution in [2.75, 3.05) is 11.9 Å². The molecule has 0 saturated heterocycles. The van der Waals surface area contributed by atoms with E-state index in [-0.39, 0.29) is 6.04 Å². The lowest BCUT2D eigenvalue weighted by atomic mass is 10.3. The lowest BCUT2D eigenvalue weighted by molar-refractivity contribution is 0.424. The molecule has 1 aromatic heterocycles. The lowest BCUT2D eigenvalue weighted by Crippen LogP contribution is -2.19. The summed E-state index contributed by atoms with van der Waals surface area (Å²) in [5.74, 6) is 0.555. The van der Waals surface area contributed by atoms with Crippen molar-refractivity contribution < 1.29 is 4.42 Å². The van der Waals surface area contributed by atoms with Crippen molar-refractivity contribution in [2.24, 2.45) is 0 Å². The van der Waals surface area contributed by atoms with Gasteiger partial charge in [0.25, 0.3) is 0 Å². The fraction of sp³-hybridized carbons (Fsp3) is 0.385. The zero-order valence-electron chi connectivity index (χ0n) is 11.3. The summed E-state index contributed by atoms with van der Waals surface area (Å²) >= 11 is 9.39. The Kier molecular flexibility index (Phi) is 5.39. The second kappa shape index (κ2) is 7.06. The van der Waals surface area contributed by atoms with E-state index in [0.29, 0.717) is 16.9 Å². The molecule has 0 fully saturated rings. The van der Waals surface area contributed by atoms with Gasteiger partial charge in [-0.25, -0.2) is 0 Å². The molecule has 5 nitrogen and oxygen atoms in total. The molecule has 0 radical (unpaired) electrons. The smallest absolute Gasteiger partial charge is 0.320 e. The van der Waals surface area contributed by atoms with E-state index >= 15 is 0 Å². The van der Waals surface area contributed by atoms with Gasteiger partial charge >= 0.3 is 6.01 Å². The van der Waals surface area contributed by atoms with E-state index in [9.17, 15) is 0 Å². The van der Waals surface area contributed by atoms with E-state index in [1.165, 1.54) is 0 Å². The van der Waals surface area contributed by atoms with Gasteiger partial charge in [0, 0.05) is 9.50 Å². The first-order valence-corrected chi connectivity index (χ1v) is 7.56. The maximum atomic E-state index is 5.96. The second-order valence-electron chi connectivity index (χ2n) is 4.37. The highest BCUT2D eigenvalue weighted by atomic mass is 79.9. The van der Waals surface area contributed by atoms with E-state index in [4.69, 9.17) is 16.0 Å². The van der Waals surface area contributed by atoms with Crippen molar-refractivity contribution in [2.45, 2.75) is 26.3 Å². The Balaban J connectivity index is 2.07. The predicted molar refractivity (Wildman–Crippen MR) is 83.4 cm³/mol. The van der Waals surface area contributed by atoms with Crippen LogP contribution in [0.4, 0.5) is 11.7 Å². The van der Waals surface area contributed by atoms with Crippen LogP contribution in [0, 0.1) is 0 Å². The van der Waals surface area contributed by atoms with Crippen molar-refractivity contribution in [3.05, 3.63) is 33.6 Å². The highest BCUT2D eigenvalue weighted by molar-refractivity contribution is 9.10. The van der Waals surface area contributed by atoms with E-state index in [1.807, 2.05) is 13.0 Å². The molecule has 2 aromatic rings. The van der Waals surface area contributed by atoms with Gasteiger partial charge < -0.3 is 15.1 Å². The highest BCUT2D eigenvalue weighted by Crippen LogP contribution is 2.28. The molecule has 2 rings (SSSR count). The Bertz CT molecular complexity index is 575. The minimum atomic E-state index is 0.0285. The molecule has 1 unspecified atom stereocenters. The second-order valence-corrected chi connectivity index (χ2v) is 5.66. The standard InChI is InChI=1S/C13H16BrClN4O/c1-3-6-16-8(2)12-18-19-13(20-12)17-11-7-9(15)4-5-10(11)14/h4-5,7-8,16H,3,6H2,1-2H3,(H,17,19). The number of aromatic nitrogens is 2. The quantitative estimate of drug-likeness (QED) is 0.805. The molecule has 1 atom stereocenters. The van der Waals surface area contributed by atoms with Crippen LogP contribution >= 0.6 is 27.5 Å². The molecule has 108 valence electrons. The molecule has 7 heteroatoms. The SMILES string of the molecule is CCCNC(C)c1nnc(Nc2cc(Cl)ccc2Br)o1. The van der Waals surface area contributed by atoms with Gasteiger partial charge in [-0.05, 0) is 54.0 Å². The minimum Gasteiger partial charge on any atom is -0.406 e. The summed E-state index contributed by atoms with van der Waals surface area (Å²) in [6.45, 7) is 5.01. The number of benzene rings is 1. The zero-order valence-corrected chi connectivity index (χ0v) is 13.6. The predicted octanol–water partition coefficient (Wildman–Crippen LogP) is 4.29. The van der Waals surface area contributed by atoms with Crippen LogP contribution in [0.5, 0.6) is 0 Å². The number of nitrogens with one attached hydrogen (secondary N) is 2. The van der Waals surface area contributed by atoms with Gasteiger partial charge in [0.1, 0.15) is 0 Å². The van der Waals surface area contributed by atoms with Gasteiger partial charge in [0.05, 0.1) is 11.7 Å². The normalized spacial score (nSPS) is 12.4. The summed E-state index contributed by atoms with van der Waals surface area (Å²) in [5, 5.41) is 15.0. The Morgan fingerprint density at radius 1 is 1.40 bits per heavy atom. The van der Waals surface area contributed by atoms with Crippen molar-refractivity contribution in [3.8, 4) is 0 Å². The largest absolute Gasteiger partial charge is 0.406 e. The van der Waals surface area contributed by atoms with Gasteiger partial charge in [0.15, 0.2) is 0 Å². The Labute approximate surface area is 131 Å². The van der Waals surface area contributed by atoms with Gasteiger partial charge in [0.2, 0.25) is 5.89 Å². The maximum absolute atomic E-state index is 5.96. The maximum Gasteiger partial charge on any atom is 0.320 e. The molecule has 0 aliphatic carbocycles. The molecule has 0 saturated carbocycles. The molecule has 1 aromatic carbocycles. The summed E-state index contributed by atoms with van der Waals surface area (Å²) < 4.78 is 6.46. The molecule has 0 aliphatic heterocycles. The van der Waals surface area contributed by atoms with Crippen LogP contribution in [0.3, 0.4) is 0 Å². The highest BCUT2D eigenvalue weighted by Gasteiger charge is 2.13. The van der Waals surface area contributed by atoms with Crippen LogP contribution in [0.2, 0.25) is 5.02 Å². The Morgan fingerprint density at radius 2 is 2.20 bits per heavy atom. The lowest BCUT2D eigenvalue weighted by Gasteiger charge is -2.08. The van der Waals surface area contributed by atoms with Gasteiger partial charge in [-0.15, -0.1) is 5.10 Å².